The van der Waals surface area contributed by atoms with E-state index in [1.807, 2.05) is 0 Å². The van der Waals surface area contributed by atoms with Crippen LogP contribution in [0.4, 0.5) is 0 Å². The number of aliphatic hydroxyl groups is 1. The number of esters is 1. The molecule has 0 amide bonds. The molecule has 108 valence electrons. The Labute approximate surface area is 109 Å². The molecule has 1 N–H and O–H groups in total. The second kappa shape index (κ2) is 6.50. The lowest BCUT2D eigenvalue weighted by Crippen LogP contribution is -2.44. The van der Waals surface area contributed by atoms with Crippen LogP contribution in [0.1, 0.15) is 41.0 Å². The summed E-state index contributed by atoms with van der Waals surface area (Å²) >= 11 is 0. The van der Waals surface area contributed by atoms with Gasteiger partial charge in [-0.25, -0.2) is 0 Å². The van der Waals surface area contributed by atoms with Crippen LogP contribution in [0.2, 0.25) is 0 Å². The van der Waals surface area contributed by atoms with Crippen molar-refractivity contribution in [1.29, 1.82) is 0 Å². The normalized spacial score (nSPS) is 17.4. The molecule has 0 aromatic carbocycles. The number of hydrogen-bond acceptors (Lipinski definition) is 5. The summed E-state index contributed by atoms with van der Waals surface area (Å²) in [5.41, 5.74) is -1.82. The van der Waals surface area contributed by atoms with Crippen molar-refractivity contribution in [3.63, 3.8) is 0 Å². The van der Waals surface area contributed by atoms with Gasteiger partial charge in [-0.2, -0.15) is 0 Å². The van der Waals surface area contributed by atoms with Crippen LogP contribution >= 0.6 is 0 Å². The molecular formula is C13H26O5. The van der Waals surface area contributed by atoms with Crippen molar-refractivity contribution in [2.75, 3.05) is 14.2 Å². The van der Waals surface area contributed by atoms with Crippen LogP contribution in [-0.2, 0) is 19.0 Å². The minimum Gasteiger partial charge on any atom is -0.460 e. The van der Waals surface area contributed by atoms with Gasteiger partial charge in [-0.3, -0.25) is 4.79 Å². The number of ether oxygens (including phenoxy) is 3. The van der Waals surface area contributed by atoms with E-state index >= 15 is 0 Å². The van der Waals surface area contributed by atoms with Gasteiger partial charge < -0.3 is 19.3 Å². The molecule has 0 aromatic rings. The third-order valence-corrected chi connectivity index (χ3v) is 2.80. The van der Waals surface area contributed by atoms with Crippen molar-refractivity contribution in [1.82, 2.24) is 0 Å². The first-order valence-electron chi connectivity index (χ1n) is 6.04. The zero-order chi connectivity index (χ0) is 14.6. The number of rotatable bonds is 6. The van der Waals surface area contributed by atoms with Gasteiger partial charge in [0.05, 0.1) is 11.5 Å². The van der Waals surface area contributed by atoms with E-state index in [9.17, 15) is 9.90 Å². The van der Waals surface area contributed by atoms with Crippen LogP contribution in [0.5, 0.6) is 0 Å². The predicted molar refractivity (Wildman–Crippen MR) is 68.1 cm³/mol. The monoisotopic (exact) mass is 262 g/mol. The number of methoxy groups -OCH3 is 2. The summed E-state index contributed by atoms with van der Waals surface area (Å²) in [5.74, 6) is -1.09. The van der Waals surface area contributed by atoms with Gasteiger partial charge in [0.25, 0.3) is 0 Å². The molecule has 0 fully saturated rings. The molecule has 0 bridgehead atoms. The molecule has 0 aliphatic rings. The summed E-state index contributed by atoms with van der Waals surface area (Å²) in [6.07, 6.45) is -0.356. The van der Waals surface area contributed by atoms with E-state index in [4.69, 9.17) is 14.2 Å². The van der Waals surface area contributed by atoms with Crippen molar-refractivity contribution in [2.24, 2.45) is 5.92 Å². The highest BCUT2D eigenvalue weighted by Gasteiger charge is 2.38. The van der Waals surface area contributed by atoms with E-state index in [2.05, 4.69) is 0 Å². The fraction of sp³-hybridized carbons (Fsp3) is 0.923. The first kappa shape index (κ1) is 17.4. The zero-order valence-corrected chi connectivity index (χ0v) is 12.4. The van der Waals surface area contributed by atoms with Gasteiger partial charge in [0.1, 0.15) is 5.60 Å². The Kier molecular flexibility index (Phi) is 6.26. The number of hydrogen-bond donors (Lipinski definition) is 1. The fourth-order valence-corrected chi connectivity index (χ4v) is 1.42. The smallest absolute Gasteiger partial charge is 0.312 e. The molecule has 0 saturated carbocycles. The number of carbonyl (C=O) groups is 1. The number of carbonyl (C=O) groups excluding carboxylic acids is 1. The van der Waals surface area contributed by atoms with Crippen molar-refractivity contribution in [2.45, 2.75) is 58.5 Å². The van der Waals surface area contributed by atoms with E-state index in [-0.39, 0.29) is 6.42 Å². The largest absolute Gasteiger partial charge is 0.460 e. The van der Waals surface area contributed by atoms with E-state index in [0.29, 0.717) is 0 Å². The van der Waals surface area contributed by atoms with Gasteiger partial charge in [0.15, 0.2) is 6.29 Å². The summed E-state index contributed by atoms with van der Waals surface area (Å²) in [7, 11) is 2.98. The van der Waals surface area contributed by atoms with Crippen molar-refractivity contribution < 1.29 is 24.1 Å². The topological polar surface area (TPSA) is 65.0 Å². The van der Waals surface area contributed by atoms with Crippen molar-refractivity contribution >= 4 is 5.97 Å². The third kappa shape index (κ3) is 5.80. The second-order valence-corrected chi connectivity index (χ2v) is 5.72. The molecule has 0 heterocycles. The van der Waals surface area contributed by atoms with Crippen LogP contribution in [-0.4, -0.2) is 42.8 Å². The Hall–Kier alpha value is -0.650. The van der Waals surface area contributed by atoms with Gasteiger partial charge in [-0.15, -0.1) is 0 Å². The SMILES string of the molecule is COC(CC(C)(O)C(C)C(=O)OC(C)(C)C)OC. The predicted octanol–water partition coefficient (Wildman–Crippen LogP) is 1.72. The molecule has 5 nitrogen and oxygen atoms in total. The highest BCUT2D eigenvalue weighted by Crippen LogP contribution is 2.26. The van der Waals surface area contributed by atoms with E-state index in [1.165, 1.54) is 14.2 Å². The van der Waals surface area contributed by atoms with E-state index < -0.39 is 29.4 Å². The molecule has 0 aliphatic heterocycles. The summed E-state index contributed by atoms with van der Waals surface area (Å²) in [6.45, 7) is 8.58. The third-order valence-electron chi connectivity index (χ3n) is 2.80. The van der Waals surface area contributed by atoms with E-state index in [1.54, 1.807) is 34.6 Å². The van der Waals surface area contributed by atoms with Gasteiger partial charge in [0, 0.05) is 20.6 Å². The summed E-state index contributed by atoms with van der Waals surface area (Å²) in [5, 5.41) is 10.3. The van der Waals surface area contributed by atoms with Gasteiger partial charge >= 0.3 is 5.97 Å². The Morgan fingerprint density at radius 1 is 1.17 bits per heavy atom. The molecule has 2 atom stereocenters. The highest BCUT2D eigenvalue weighted by molar-refractivity contribution is 5.73. The average molecular weight is 262 g/mol. The maximum atomic E-state index is 11.9. The molecule has 18 heavy (non-hydrogen) atoms. The molecule has 0 radical (unpaired) electrons. The lowest BCUT2D eigenvalue weighted by atomic mass is 9.87. The Morgan fingerprint density at radius 3 is 1.94 bits per heavy atom. The van der Waals surface area contributed by atoms with Gasteiger partial charge in [-0.1, -0.05) is 0 Å². The summed E-state index contributed by atoms with van der Waals surface area (Å²) in [4.78, 5) is 11.9. The first-order chi connectivity index (χ1) is 8.03. The molecule has 5 heteroatoms. The van der Waals surface area contributed by atoms with Crippen LogP contribution in [0, 0.1) is 5.92 Å². The average Bonchev–Trinajstić information content (AvgIpc) is 2.22. The molecule has 0 spiro atoms. The van der Waals surface area contributed by atoms with Crippen LogP contribution < -0.4 is 0 Å². The molecule has 0 rings (SSSR count). The lowest BCUT2D eigenvalue weighted by molar-refractivity contribution is -0.179. The molecule has 0 aliphatic carbocycles. The Balaban J connectivity index is 4.63. The van der Waals surface area contributed by atoms with Gasteiger partial charge in [-0.05, 0) is 34.6 Å². The fourth-order valence-electron chi connectivity index (χ4n) is 1.42. The Bertz CT molecular complexity index is 263. The quantitative estimate of drug-likeness (QED) is 0.583. The second-order valence-electron chi connectivity index (χ2n) is 5.72. The van der Waals surface area contributed by atoms with Crippen LogP contribution in [0.3, 0.4) is 0 Å². The summed E-state index contributed by atoms with van der Waals surface area (Å²) < 4.78 is 15.3. The minimum absolute atomic E-state index is 0.195. The maximum absolute atomic E-state index is 11.9. The first-order valence-corrected chi connectivity index (χ1v) is 6.04. The van der Waals surface area contributed by atoms with Crippen molar-refractivity contribution in [3.05, 3.63) is 0 Å². The minimum atomic E-state index is -1.25. The highest BCUT2D eigenvalue weighted by atomic mass is 16.7. The van der Waals surface area contributed by atoms with Crippen molar-refractivity contribution in [3.8, 4) is 0 Å². The molecule has 0 saturated heterocycles. The van der Waals surface area contributed by atoms with Gasteiger partial charge in [0.2, 0.25) is 0 Å². The van der Waals surface area contributed by atoms with E-state index in [0.717, 1.165) is 0 Å². The van der Waals surface area contributed by atoms with Crippen LogP contribution in [0.25, 0.3) is 0 Å². The lowest BCUT2D eigenvalue weighted by Gasteiger charge is -2.33. The summed E-state index contributed by atoms with van der Waals surface area (Å²) in [6, 6.07) is 0. The molecular weight excluding hydrogens is 236 g/mol. The van der Waals surface area contributed by atoms with Crippen LogP contribution in [0.15, 0.2) is 0 Å². The zero-order valence-electron chi connectivity index (χ0n) is 12.4. The molecule has 0 aromatic heterocycles. The maximum Gasteiger partial charge on any atom is 0.312 e. The standard InChI is InChI=1S/C13H26O5/c1-9(11(14)18-12(2,3)4)13(5,15)8-10(16-6)17-7/h9-10,15H,8H2,1-7H3. The Morgan fingerprint density at radius 2 is 1.61 bits per heavy atom. The molecule has 2 unspecified atom stereocenters.